The standard InChI is InChI=1S/C4H7O2.Ta/c1-4(6)2-3-5;/h2,5H,3H2,1H3;. The number of rotatable bonds is 2. The van der Waals surface area contributed by atoms with E-state index in [1.165, 1.54) is 6.92 Å². The molecule has 0 radical (unpaired) electrons. The third-order valence-electron chi connectivity index (χ3n) is 0.642. The molecular formula is C4H7O2Ta. The first-order chi connectivity index (χ1) is 3.18. The molecule has 0 aromatic carbocycles. The Balaban J connectivity index is 3.34. The van der Waals surface area contributed by atoms with E-state index in [4.69, 9.17) is 5.11 Å². The maximum atomic E-state index is 10.2. The van der Waals surface area contributed by atoms with Gasteiger partial charge in [-0.3, -0.25) is 0 Å². The molecule has 1 N–H and O–H groups in total. The predicted octanol–water partition coefficient (Wildman–Crippen LogP) is -0.0970. The van der Waals surface area contributed by atoms with Crippen LogP contribution in [0.5, 0.6) is 0 Å². The Morgan fingerprint density at radius 3 is 2.43 bits per heavy atom. The van der Waals surface area contributed by atoms with E-state index in [1.807, 2.05) is 0 Å². The van der Waals surface area contributed by atoms with Crippen LogP contribution in [0.3, 0.4) is 0 Å². The van der Waals surface area contributed by atoms with E-state index in [1.54, 1.807) is 0 Å². The molecule has 0 fully saturated rings. The molecule has 3 heteroatoms. The molecule has 0 aromatic rings. The normalized spacial score (nSPS) is 13.4. The van der Waals surface area contributed by atoms with Gasteiger partial charge >= 0.3 is 54.4 Å². The van der Waals surface area contributed by atoms with E-state index >= 15 is 0 Å². The Hall–Kier alpha value is 0.370. The third kappa shape index (κ3) is 3.00. The average molecular weight is 268 g/mol. The van der Waals surface area contributed by atoms with E-state index in [2.05, 4.69) is 0 Å². The number of ketones is 1. The first-order valence-corrected chi connectivity index (χ1v) is 3.83. The van der Waals surface area contributed by atoms with Crippen LogP contribution in [0.4, 0.5) is 0 Å². The van der Waals surface area contributed by atoms with Gasteiger partial charge in [0.25, 0.3) is 0 Å². The number of carbonyl (C=O) groups is 1. The molecular weight excluding hydrogens is 261 g/mol. The number of carbonyl (C=O) groups excluding carboxylic acids is 1. The van der Waals surface area contributed by atoms with Gasteiger partial charge in [0.2, 0.25) is 0 Å². The molecule has 0 bridgehead atoms. The molecule has 0 heterocycles. The molecule has 0 amide bonds. The first kappa shape index (κ1) is 7.37. The van der Waals surface area contributed by atoms with Crippen molar-refractivity contribution in [1.29, 1.82) is 0 Å². The van der Waals surface area contributed by atoms with Crippen LogP contribution in [0.1, 0.15) is 6.92 Å². The maximum absolute atomic E-state index is 10.2. The molecule has 0 saturated heterocycles. The van der Waals surface area contributed by atoms with E-state index in [9.17, 15) is 4.79 Å². The van der Waals surface area contributed by atoms with Gasteiger partial charge in [-0.05, 0) is 0 Å². The number of aliphatic hydroxyl groups is 1. The summed E-state index contributed by atoms with van der Waals surface area (Å²) in [6.45, 7) is 1.52. The zero-order valence-electron chi connectivity index (χ0n) is 4.09. The van der Waals surface area contributed by atoms with Gasteiger partial charge in [0.15, 0.2) is 0 Å². The number of Topliss-reactive ketones (excluding diaryl/α,β-unsaturated/α-hetero) is 1. The molecule has 7 heavy (non-hydrogen) atoms. The molecule has 1 unspecified atom stereocenters. The summed E-state index contributed by atoms with van der Waals surface area (Å²) in [6, 6.07) is 0. The third-order valence-corrected chi connectivity index (χ3v) is 2.54. The monoisotopic (exact) mass is 268 g/mol. The quantitative estimate of drug-likeness (QED) is 0.759. The molecule has 2 nitrogen and oxygen atoms in total. The summed E-state index contributed by atoms with van der Waals surface area (Å²) in [7, 11) is 0. The Bertz CT molecular complexity index is 72.1. The van der Waals surface area contributed by atoms with Crippen LogP contribution in [0, 0.1) is 0 Å². The second-order valence-electron chi connectivity index (χ2n) is 1.31. The summed E-state index contributed by atoms with van der Waals surface area (Å²) in [6.07, 6.45) is 0. The van der Waals surface area contributed by atoms with E-state index in [0.29, 0.717) is 0 Å². The zero-order chi connectivity index (χ0) is 5.86. The van der Waals surface area contributed by atoms with Crippen molar-refractivity contribution in [2.24, 2.45) is 0 Å². The second kappa shape index (κ2) is 3.38. The minimum absolute atomic E-state index is 0.0170. The summed E-state index contributed by atoms with van der Waals surface area (Å²) in [5.74, 6) is 0.0934. The summed E-state index contributed by atoms with van der Waals surface area (Å²) in [4.78, 5) is 10.2. The second-order valence-corrected chi connectivity index (χ2v) is 3.55. The van der Waals surface area contributed by atoms with Crippen molar-refractivity contribution < 1.29 is 31.0 Å². The van der Waals surface area contributed by atoms with Crippen molar-refractivity contribution >= 4 is 5.78 Å². The van der Waals surface area contributed by atoms with Crippen LogP contribution in [-0.2, 0) is 25.9 Å². The first-order valence-electron chi connectivity index (χ1n) is 1.98. The van der Waals surface area contributed by atoms with Gasteiger partial charge in [0.05, 0.1) is 0 Å². The fourth-order valence-corrected chi connectivity index (χ4v) is 0.129. The molecule has 0 rings (SSSR count). The predicted molar refractivity (Wildman–Crippen MR) is 21.5 cm³/mol. The Kier molecular flexibility index (Phi) is 3.56. The molecule has 40 valence electrons. The van der Waals surface area contributed by atoms with Crippen molar-refractivity contribution in [3.8, 4) is 0 Å². The van der Waals surface area contributed by atoms with Crippen molar-refractivity contribution in [2.75, 3.05) is 6.61 Å². The molecule has 1 atom stereocenters. The molecule has 0 spiro atoms. The summed E-state index contributed by atoms with van der Waals surface area (Å²) in [5, 5.41) is 8.31. The van der Waals surface area contributed by atoms with Gasteiger partial charge in [-0.2, -0.15) is 0 Å². The van der Waals surface area contributed by atoms with E-state index in [0.717, 1.165) is 21.1 Å². The number of hydrogen-bond acceptors (Lipinski definition) is 2. The van der Waals surface area contributed by atoms with Gasteiger partial charge in [-0.1, -0.05) is 0 Å². The summed E-state index contributed by atoms with van der Waals surface area (Å²) < 4.78 is -0.0694. The van der Waals surface area contributed by atoms with Gasteiger partial charge in [0.1, 0.15) is 0 Å². The van der Waals surface area contributed by atoms with Crippen molar-refractivity contribution in [1.82, 2.24) is 0 Å². The topological polar surface area (TPSA) is 37.3 Å². The fraction of sp³-hybridized carbons (Fsp3) is 0.750. The van der Waals surface area contributed by atoms with Gasteiger partial charge in [0, 0.05) is 0 Å². The molecule has 0 saturated carbocycles. The Morgan fingerprint density at radius 1 is 2.00 bits per heavy atom. The van der Waals surface area contributed by atoms with Crippen LogP contribution < -0.4 is 0 Å². The van der Waals surface area contributed by atoms with Crippen LogP contribution in [0.15, 0.2) is 0 Å². The molecule has 0 aliphatic rings. The summed E-state index contributed by atoms with van der Waals surface area (Å²) in [5.41, 5.74) is 0. The molecule has 0 aromatic heterocycles. The van der Waals surface area contributed by atoms with Crippen molar-refractivity contribution in [3.63, 3.8) is 0 Å². The van der Waals surface area contributed by atoms with Crippen molar-refractivity contribution in [3.05, 3.63) is 0 Å². The summed E-state index contributed by atoms with van der Waals surface area (Å²) >= 11 is 0.959. The fourth-order valence-electron chi connectivity index (χ4n) is 0.129. The van der Waals surface area contributed by atoms with Crippen molar-refractivity contribution in [2.45, 2.75) is 11.1 Å². The van der Waals surface area contributed by atoms with E-state index in [-0.39, 0.29) is 16.5 Å². The minimum atomic E-state index is -0.0694. The van der Waals surface area contributed by atoms with E-state index < -0.39 is 0 Å². The van der Waals surface area contributed by atoms with Gasteiger partial charge in [-0.25, -0.2) is 0 Å². The number of aliphatic hydroxyl groups excluding tert-OH is 1. The van der Waals surface area contributed by atoms with Crippen LogP contribution >= 0.6 is 0 Å². The Morgan fingerprint density at radius 2 is 2.43 bits per heavy atom. The van der Waals surface area contributed by atoms with Crippen LogP contribution in [-0.4, -0.2) is 17.5 Å². The zero-order valence-corrected chi connectivity index (χ0v) is 7.30. The van der Waals surface area contributed by atoms with Gasteiger partial charge in [-0.15, -0.1) is 0 Å². The molecule has 0 aliphatic heterocycles. The number of hydrogen-bond donors (Lipinski definition) is 1. The van der Waals surface area contributed by atoms with Gasteiger partial charge < -0.3 is 0 Å². The molecule has 0 aliphatic carbocycles. The van der Waals surface area contributed by atoms with Crippen LogP contribution in [0.2, 0.25) is 4.14 Å². The van der Waals surface area contributed by atoms with Crippen LogP contribution in [0.25, 0.3) is 0 Å². The average Bonchev–Trinajstić information content (AvgIpc) is 1.65. The SMILES string of the molecule is CC(=O)[CH]([Ta])CO. The Labute approximate surface area is 54.8 Å².